The molecule has 0 saturated heterocycles. The lowest BCUT2D eigenvalue weighted by atomic mass is 10.2. The van der Waals surface area contributed by atoms with E-state index in [9.17, 15) is 4.79 Å². The summed E-state index contributed by atoms with van der Waals surface area (Å²) in [4.78, 5) is 19.7. The van der Waals surface area contributed by atoms with Gasteiger partial charge in [0.2, 0.25) is 0 Å². The molecule has 0 amide bonds. The van der Waals surface area contributed by atoms with Gasteiger partial charge in [-0.05, 0) is 48.5 Å². The van der Waals surface area contributed by atoms with E-state index in [0.717, 1.165) is 11.3 Å². The van der Waals surface area contributed by atoms with Gasteiger partial charge in [0.05, 0.1) is 18.0 Å². The first-order chi connectivity index (χ1) is 12.7. The van der Waals surface area contributed by atoms with Gasteiger partial charge in [-0.3, -0.25) is 4.79 Å². The Bertz CT molecular complexity index is 1120. The number of aromatic amines is 1. The van der Waals surface area contributed by atoms with Crippen LogP contribution < -0.4 is 15.0 Å². The van der Waals surface area contributed by atoms with Crippen LogP contribution in [-0.4, -0.2) is 17.1 Å². The molecule has 3 aromatic carbocycles. The summed E-state index contributed by atoms with van der Waals surface area (Å²) in [5, 5.41) is 0.571. The van der Waals surface area contributed by atoms with Gasteiger partial charge in [-0.2, -0.15) is 0 Å². The average Bonchev–Trinajstić information content (AvgIpc) is 2.69. The van der Waals surface area contributed by atoms with E-state index in [4.69, 9.17) is 9.47 Å². The second-order valence-corrected chi connectivity index (χ2v) is 5.74. The van der Waals surface area contributed by atoms with Crippen molar-refractivity contribution in [1.82, 2.24) is 9.97 Å². The average molecular weight is 344 g/mol. The molecular weight excluding hydrogens is 328 g/mol. The molecule has 0 spiro atoms. The SMILES string of the molecule is COc1ccc(Oc2cccc(-c3nc4ccccc4c(=O)[nH]3)c2)cc1. The van der Waals surface area contributed by atoms with Gasteiger partial charge in [0, 0.05) is 5.56 Å². The Kier molecular flexibility index (Phi) is 4.11. The van der Waals surface area contributed by atoms with Crippen LogP contribution in [0, 0.1) is 0 Å². The molecule has 0 aliphatic carbocycles. The molecule has 0 atom stereocenters. The van der Waals surface area contributed by atoms with Gasteiger partial charge in [-0.1, -0.05) is 24.3 Å². The maximum Gasteiger partial charge on any atom is 0.259 e. The van der Waals surface area contributed by atoms with Crippen molar-refractivity contribution in [3.05, 3.63) is 83.2 Å². The maximum absolute atomic E-state index is 12.3. The van der Waals surface area contributed by atoms with Crippen molar-refractivity contribution in [3.8, 4) is 28.6 Å². The molecule has 4 aromatic rings. The number of fused-ring (bicyclic) bond motifs is 1. The van der Waals surface area contributed by atoms with E-state index in [1.807, 2.05) is 66.7 Å². The highest BCUT2D eigenvalue weighted by molar-refractivity contribution is 5.79. The van der Waals surface area contributed by atoms with Gasteiger partial charge in [-0.15, -0.1) is 0 Å². The summed E-state index contributed by atoms with van der Waals surface area (Å²) >= 11 is 0. The molecule has 5 nitrogen and oxygen atoms in total. The van der Waals surface area contributed by atoms with Crippen molar-refractivity contribution in [2.24, 2.45) is 0 Å². The predicted octanol–water partition coefficient (Wildman–Crippen LogP) is 4.39. The molecule has 5 heteroatoms. The standard InChI is InChI=1S/C21H16N2O3/c1-25-15-9-11-16(12-10-15)26-17-6-4-5-14(13-17)20-22-19-8-3-2-7-18(19)21(24)23-20/h2-13H,1H3,(H,22,23,24). The number of ether oxygens (including phenoxy) is 2. The highest BCUT2D eigenvalue weighted by Gasteiger charge is 2.07. The first-order valence-electron chi connectivity index (χ1n) is 8.14. The molecule has 0 bridgehead atoms. The molecule has 0 radical (unpaired) electrons. The third-order valence-electron chi connectivity index (χ3n) is 4.02. The molecule has 1 aromatic heterocycles. The Morgan fingerprint density at radius 1 is 0.846 bits per heavy atom. The molecule has 0 aliphatic heterocycles. The number of benzene rings is 3. The lowest BCUT2D eigenvalue weighted by Crippen LogP contribution is -2.09. The summed E-state index contributed by atoms with van der Waals surface area (Å²) in [6.07, 6.45) is 0. The van der Waals surface area contributed by atoms with E-state index in [-0.39, 0.29) is 5.56 Å². The largest absolute Gasteiger partial charge is 0.497 e. The molecule has 0 saturated carbocycles. The zero-order valence-corrected chi connectivity index (χ0v) is 14.1. The Labute approximate surface area is 149 Å². The third kappa shape index (κ3) is 3.15. The summed E-state index contributed by atoms with van der Waals surface area (Å²) in [6.45, 7) is 0. The molecule has 0 unspecified atom stereocenters. The lowest BCUT2D eigenvalue weighted by molar-refractivity contribution is 0.413. The highest BCUT2D eigenvalue weighted by Crippen LogP contribution is 2.27. The van der Waals surface area contributed by atoms with Gasteiger partial charge in [0.25, 0.3) is 5.56 Å². The molecule has 4 rings (SSSR count). The predicted molar refractivity (Wildman–Crippen MR) is 101 cm³/mol. The Balaban J connectivity index is 1.68. The number of rotatable bonds is 4. The number of aromatic nitrogens is 2. The third-order valence-corrected chi connectivity index (χ3v) is 4.02. The Hall–Kier alpha value is -3.60. The van der Waals surface area contributed by atoms with E-state index in [2.05, 4.69) is 9.97 Å². The molecule has 0 aliphatic rings. The van der Waals surface area contributed by atoms with Gasteiger partial charge in [0.1, 0.15) is 23.1 Å². The van der Waals surface area contributed by atoms with E-state index < -0.39 is 0 Å². The molecular formula is C21H16N2O3. The van der Waals surface area contributed by atoms with Crippen LogP contribution in [0.15, 0.2) is 77.6 Å². The van der Waals surface area contributed by atoms with Crippen LogP contribution in [0.2, 0.25) is 0 Å². The molecule has 128 valence electrons. The molecule has 0 fully saturated rings. The number of nitrogens with zero attached hydrogens (tertiary/aromatic N) is 1. The Morgan fingerprint density at radius 3 is 2.42 bits per heavy atom. The van der Waals surface area contributed by atoms with Gasteiger partial charge >= 0.3 is 0 Å². The minimum atomic E-state index is -0.160. The number of H-pyrrole nitrogens is 1. The van der Waals surface area contributed by atoms with Crippen molar-refractivity contribution in [3.63, 3.8) is 0 Å². The minimum absolute atomic E-state index is 0.160. The van der Waals surface area contributed by atoms with Crippen molar-refractivity contribution in [2.45, 2.75) is 0 Å². The number of hydrogen-bond donors (Lipinski definition) is 1. The number of hydrogen-bond acceptors (Lipinski definition) is 4. The van der Waals surface area contributed by atoms with E-state index in [1.165, 1.54) is 0 Å². The van der Waals surface area contributed by atoms with Crippen LogP contribution >= 0.6 is 0 Å². The lowest BCUT2D eigenvalue weighted by Gasteiger charge is -2.08. The second-order valence-electron chi connectivity index (χ2n) is 5.74. The van der Waals surface area contributed by atoms with Crippen LogP contribution in [0.3, 0.4) is 0 Å². The van der Waals surface area contributed by atoms with Crippen LogP contribution in [0.4, 0.5) is 0 Å². The summed E-state index contributed by atoms with van der Waals surface area (Å²) < 4.78 is 11.0. The van der Waals surface area contributed by atoms with Crippen molar-refractivity contribution >= 4 is 10.9 Å². The summed E-state index contributed by atoms with van der Waals surface area (Å²) in [5.74, 6) is 2.63. The van der Waals surface area contributed by atoms with Gasteiger partial charge in [0.15, 0.2) is 0 Å². The molecule has 26 heavy (non-hydrogen) atoms. The zero-order valence-electron chi connectivity index (χ0n) is 14.1. The normalized spacial score (nSPS) is 10.7. The fourth-order valence-electron chi connectivity index (χ4n) is 2.71. The topological polar surface area (TPSA) is 64.2 Å². The van der Waals surface area contributed by atoms with E-state index in [1.54, 1.807) is 13.2 Å². The van der Waals surface area contributed by atoms with E-state index in [0.29, 0.717) is 28.2 Å². The summed E-state index contributed by atoms with van der Waals surface area (Å²) in [5.41, 5.74) is 1.28. The quantitative estimate of drug-likeness (QED) is 0.596. The van der Waals surface area contributed by atoms with Crippen LogP contribution in [0.5, 0.6) is 17.2 Å². The summed E-state index contributed by atoms with van der Waals surface area (Å²) in [6, 6.07) is 22.1. The number of para-hydroxylation sites is 1. The van der Waals surface area contributed by atoms with Crippen LogP contribution in [0.25, 0.3) is 22.3 Å². The Morgan fingerprint density at radius 2 is 1.62 bits per heavy atom. The number of methoxy groups -OCH3 is 1. The van der Waals surface area contributed by atoms with Gasteiger partial charge in [-0.25, -0.2) is 4.98 Å². The first-order valence-corrected chi connectivity index (χ1v) is 8.14. The maximum atomic E-state index is 12.3. The fourth-order valence-corrected chi connectivity index (χ4v) is 2.71. The molecule has 1 heterocycles. The van der Waals surface area contributed by atoms with Crippen LogP contribution in [0.1, 0.15) is 0 Å². The highest BCUT2D eigenvalue weighted by atomic mass is 16.5. The van der Waals surface area contributed by atoms with Crippen molar-refractivity contribution < 1.29 is 9.47 Å². The first kappa shape index (κ1) is 15.9. The minimum Gasteiger partial charge on any atom is -0.497 e. The van der Waals surface area contributed by atoms with Crippen molar-refractivity contribution in [2.75, 3.05) is 7.11 Å². The smallest absolute Gasteiger partial charge is 0.259 e. The zero-order chi connectivity index (χ0) is 17.9. The monoisotopic (exact) mass is 344 g/mol. The molecule has 1 N–H and O–H groups in total. The van der Waals surface area contributed by atoms with Gasteiger partial charge < -0.3 is 14.5 Å². The van der Waals surface area contributed by atoms with Crippen LogP contribution in [-0.2, 0) is 0 Å². The number of nitrogens with one attached hydrogen (secondary N) is 1. The second kappa shape index (κ2) is 6.72. The fraction of sp³-hybridized carbons (Fsp3) is 0.0476. The summed E-state index contributed by atoms with van der Waals surface area (Å²) in [7, 11) is 1.62. The van der Waals surface area contributed by atoms with E-state index >= 15 is 0 Å². The van der Waals surface area contributed by atoms with Crippen molar-refractivity contribution in [1.29, 1.82) is 0 Å².